The average molecular weight is 368 g/mol. The minimum Gasteiger partial charge on any atom is -0.334 e. The SMILES string of the molecule is CN(Cc1cccc(NC(=O)Cc2cccc(F)c2)c1)C(=O)C(F)(F)F. The van der Waals surface area contributed by atoms with E-state index in [9.17, 15) is 27.2 Å². The highest BCUT2D eigenvalue weighted by molar-refractivity contribution is 5.92. The summed E-state index contributed by atoms with van der Waals surface area (Å²) < 4.78 is 50.4. The normalized spacial score (nSPS) is 11.1. The quantitative estimate of drug-likeness (QED) is 0.821. The molecule has 0 saturated carbocycles. The Morgan fingerprint density at radius 2 is 1.69 bits per heavy atom. The molecule has 0 atom stereocenters. The van der Waals surface area contributed by atoms with Gasteiger partial charge in [0.15, 0.2) is 0 Å². The van der Waals surface area contributed by atoms with Gasteiger partial charge >= 0.3 is 12.1 Å². The first-order valence-corrected chi connectivity index (χ1v) is 7.60. The Morgan fingerprint density at radius 3 is 2.35 bits per heavy atom. The highest BCUT2D eigenvalue weighted by atomic mass is 19.4. The van der Waals surface area contributed by atoms with Crippen molar-refractivity contribution in [3.63, 3.8) is 0 Å². The third-order valence-corrected chi connectivity index (χ3v) is 3.47. The van der Waals surface area contributed by atoms with E-state index in [1.54, 1.807) is 24.3 Å². The Balaban J connectivity index is 2.00. The van der Waals surface area contributed by atoms with Gasteiger partial charge in [-0.3, -0.25) is 9.59 Å². The molecule has 2 amide bonds. The van der Waals surface area contributed by atoms with E-state index < -0.39 is 23.8 Å². The molecule has 1 N–H and O–H groups in total. The maximum Gasteiger partial charge on any atom is 0.471 e. The number of benzene rings is 2. The van der Waals surface area contributed by atoms with Gasteiger partial charge in [-0.1, -0.05) is 24.3 Å². The standard InChI is InChI=1S/C18H16F4N2O2/c1-24(17(26)18(20,21)22)11-13-5-3-7-15(9-13)23-16(25)10-12-4-2-6-14(19)8-12/h2-9H,10-11H2,1H3,(H,23,25). The highest BCUT2D eigenvalue weighted by Gasteiger charge is 2.41. The topological polar surface area (TPSA) is 49.4 Å². The second-order valence-corrected chi connectivity index (χ2v) is 5.71. The third kappa shape index (κ3) is 5.58. The molecule has 0 bridgehead atoms. The lowest BCUT2D eigenvalue weighted by Gasteiger charge is -2.19. The molecule has 138 valence electrons. The summed E-state index contributed by atoms with van der Waals surface area (Å²) in [6, 6.07) is 11.8. The fourth-order valence-electron chi connectivity index (χ4n) is 2.35. The van der Waals surface area contributed by atoms with E-state index >= 15 is 0 Å². The van der Waals surface area contributed by atoms with E-state index in [4.69, 9.17) is 0 Å². The summed E-state index contributed by atoms with van der Waals surface area (Å²) in [6.07, 6.45) is -4.99. The van der Waals surface area contributed by atoms with Gasteiger partial charge < -0.3 is 10.2 Å². The zero-order valence-corrected chi connectivity index (χ0v) is 13.8. The molecule has 0 fully saturated rings. The second-order valence-electron chi connectivity index (χ2n) is 5.71. The van der Waals surface area contributed by atoms with Crippen molar-refractivity contribution >= 4 is 17.5 Å². The van der Waals surface area contributed by atoms with Crippen LogP contribution in [0.25, 0.3) is 0 Å². The Bertz CT molecular complexity index is 806. The molecule has 4 nitrogen and oxygen atoms in total. The molecular formula is C18H16F4N2O2. The van der Waals surface area contributed by atoms with Crippen LogP contribution in [0.3, 0.4) is 0 Å². The number of rotatable bonds is 5. The minimum absolute atomic E-state index is 0.0472. The number of nitrogens with zero attached hydrogens (tertiary/aromatic N) is 1. The Kier molecular flexibility index (Phi) is 5.97. The molecule has 2 rings (SSSR count). The summed E-state index contributed by atoms with van der Waals surface area (Å²) in [7, 11) is 1.05. The van der Waals surface area contributed by atoms with Crippen molar-refractivity contribution in [2.75, 3.05) is 12.4 Å². The molecule has 2 aromatic rings. The smallest absolute Gasteiger partial charge is 0.334 e. The fraction of sp³-hybridized carbons (Fsp3) is 0.222. The van der Waals surface area contributed by atoms with Crippen LogP contribution >= 0.6 is 0 Å². The molecule has 0 spiro atoms. The summed E-state index contributed by atoms with van der Waals surface area (Å²) in [4.78, 5) is 23.7. The van der Waals surface area contributed by atoms with E-state index in [2.05, 4.69) is 5.32 Å². The van der Waals surface area contributed by atoms with Gasteiger partial charge in [0.2, 0.25) is 5.91 Å². The number of alkyl halides is 3. The van der Waals surface area contributed by atoms with E-state index in [1.165, 1.54) is 24.3 Å². The predicted molar refractivity (Wildman–Crippen MR) is 87.7 cm³/mol. The maximum atomic E-state index is 13.1. The van der Waals surface area contributed by atoms with Crippen LogP contribution in [-0.2, 0) is 22.6 Å². The molecule has 26 heavy (non-hydrogen) atoms. The fourth-order valence-corrected chi connectivity index (χ4v) is 2.35. The van der Waals surface area contributed by atoms with Crippen molar-refractivity contribution in [1.82, 2.24) is 4.90 Å². The van der Waals surface area contributed by atoms with Gasteiger partial charge in [0.05, 0.1) is 6.42 Å². The number of halogens is 4. The van der Waals surface area contributed by atoms with Crippen LogP contribution < -0.4 is 5.32 Å². The number of nitrogens with one attached hydrogen (secondary N) is 1. The van der Waals surface area contributed by atoms with Crippen LogP contribution in [0.1, 0.15) is 11.1 Å². The van der Waals surface area contributed by atoms with E-state index in [1.807, 2.05) is 0 Å². The molecular weight excluding hydrogens is 352 g/mol. The first-order chi connectivity index (χ1) is 12.1. The van der Waals surface area contributed by atoms with Crippen molar-refractivity contribution < 1.29 is 27.2 Å². The summed E-state index contributed by atoms with van der Waals surface area (Å²) >= 11 is 0. The van der Waals surface area contributed by atoms with Crippen molar-refractivity contribution in [2.45, 2.75) is 19.1 Å². The minimum atomic E-state index is -4.94. The second kappa shape index (κ2) is 7.99. The Morgan fingerprint density at radius 1 is 1.04 bits per heavy atom. The molecule has 0 aliphatic heterocycles. The van der Waals surface area contributed by atoms with Gasteiger partial charge in [0, 0.05) is 19.3 Å². The summed E-state index contributed by atoms with van der Waals surface area (Å²) in [5.41, 5.74) is 1.29. The third-order valence-electron chi connectivity index (χ3n) is 3.47. The zero-order chi connectivity index (χ0) is 19.3. The van der Waals surface area contributed by atoms with Crippen LogP contribution in [-0.4, -0.2) is 29.9 Å². The van der Waals surface area contributed by atoms with Gasteiger partial charge in [-0.15, -0.1) is 0 Å². The average Bonchev–Trinajstić information content (AvgIpc) is 2.53. The molecule has 8 heteroatoms. The monoisotopic (exact) mass is 368 g/mol. The number of carbonyl (C=O) groups is 2. The van der Waals surface area contributed by atoms with Gasteiger partial charge in [-0.25, -0.2) is 4.39 Å². The van der Waals surface area contributed by atoms with Crippen molar-refractivity contribution in [3.8, 4) is 0 Å². The molecule has 2 aromatic carbocycles. The molecule has 0 aromatic heterocycles. The van der Waals surface area contributed by atoms with Gasteiger partial charge in [-0.2, -0.15) is 13.2 Å². The lowest BCUT2D eigenvalue weighted by molar-refractivity contribution is -0.184. The van der Waals surface area contributed by atoms with Crippen molar-refractivity contribution in [1.29, 1.82) is 0 Å². The number of hydrogen-bond acceptors (Lipinski definition) is 2. The Labute approximate surface area is 147 Å². The van der Waals surface area contributed by atoms with Crippen LogP contribution in [0.2, 0.25) is 0 Å². The van der Waals surface area contributed by atoms with Crippen LogP contribution in [0.5, 0.6) is 0 Å². The highest BCUT2D eigenvalue weighted by Crippen LogP contribution is 2.20. The first kappa shape index (κ1) is 19.4. The van der Waals surface area contributed by atoms with E-state index in [0.29, 0.717) is 21.7 Å². The van der Waals surface area contributed by atoms with Gasteiger partial charge in [-0.05, 0) is 35.4 Å². The number of hydrogen-bond donors (Lipinski definition) is 1. The zero-order valence-electron chi connectivity index (χ0n) is 13.8. The summed E-state index contributed by atoms with van der Waals surface area (Å²) in [5.74, 6) is -2.79. The number of anilines is 1. The molecule has 0 aliphatic carbocycles. The predicted octanol–water partition coefficient (Wildman–Crippen LogP) is 3.53. The number of carbonyl (C=O) groups excluding carboxylic acids is 2. The molecule has 0 unspecified atom stereocenters. The molecule has 0 aliphatic rings. The van der Waals surface area contributed by atoms with Gasteiger partial charge in [0.25, 0.3) is 0 Å². The molecule has 0 radical (unpaired) electrons. The number of amides is 2. The van der Waals surface area contributed by atoms with Gasteiger partial charge in [0.1, 0.15) is 5.82 Å². The molecule has 0 saturated heterocycles. The van der Waals surface area contributed by atoms with Crippen LogP contribution in [0, 0.1) is 5.82 Å². The van der Waals surface area contributed by atoms with Crippen LogP contribution in [0.4, 0.5) is 23.2 Å². The maximum absolute atomic E-state index is 13.1. The lowest BCUT2D eigenvalue weighted by Crippen LogP contribution is -2.37. The van der Waals surface area contributed by atoms with Crippen LogP contribution in [0.15, 0.2) is 48.5 Å². The Hall–Kier alpha value is -2.90. The van der Waals surface area contributed by atoms with E-state index in [0.717, 1.165) is 7.05 Å². The lowest BCUT2D eigenvalue weighted by atomic mass is 10.1. The van der Waals surface area contributed by atoms with Crippen molar-refractivity contribution in [2.24, 2.45) is 0 Å². The van der Waals surface area contributed by atoms with Crippen molar-refractivity contribution in [3.05, 3.63) is 65.5 Å². The van der Waals surface area contributed by atoms with E-state index in [-0.39, 0.29) is 13.0 Å². The first-order valence-electron chi connectivity index (χ1n) is 7.60. The molecule has 0 heterocycles. The summed E-state index contributed by atoms with van der Waals surface area (Å²) in [5, 5.41) is 2.60. The largest absolute Gasteiger partial charge is 0.471 e. The summed E-state index contributed by atoms with van der Waals surface area (Å²) in [6.45, 7) is -0.258.